The Morgan fingerprint density at radius 1 is 0.972 bits per heavy atom. The molecule has 0 radical (unpaired) electrons. The highest BCUT2D eigenvalue weighted by Crippen LogP contribution is 2.22. The van der Waals surface area contributed by atoms with Gasteiger partial charge in [-0.25, -0.2) is 0 Å². The van der Waals surface area contributed by atoms with Crippen LogP contribution in [0.15, 0.2) is 107 Å². The summed E-state index contributed by atoms with van der Waals surface area (Å²) in [6, 6.07) is 0. The highest BCUT2D eigenvalue weighted by molar-refractivity contribution is 5.32. The molecule has 0 heterocycles. The van der Waals surface area contributed by atoms with Crippen LogP contribution in [0.3, 0.4) is 0 Å². The van der Waals surface area contributed by atoms with E-state index < -0.39 is 0 Å². The zero-order valence-corrected chi connectivity index (χ0v) is 22.9. The molecule has 1 rings (SSSR count). The molecule has 36 heavy (non-hydrogen) atoms. The molecule has 1 aliphatic rings. The van der Waals surface area contributed by atoms with Gasteiger partial charge in [0.05, 0.1) is 0 Å². The van der Waals surface area contributed by atoms with Gasteiger partial charge in [-0.1, -0.05) is 56.5 Å². The van der Waals surface area contributed by atoms with Crippen LogP contribution in [0.1, 0.15) is 41.0 Å². The fourth-order valence-electron chi connectivity index (χ4n) is 4.06. The molecule has 0 aromatic carbocycles. The van der Waals surface area contributed by atoms with E-state index in [0.29, 0.717) is 43.4 Å². The molecule has 5 nitrogen and oxygen atoms in total. The minimum atomic E-state index is 0.102. The summed E-state index contributed by atoms with van der Waals surface area (Å²) in [6.45, 7) is 21.2. The molecule has 198 valence electrons. The summed E-state index contributed by atoms with van der Waals surface area (Å²) >= 11 is 0. The average Bonchev–Trinajstić information content (AvgIpc) is 2.88. The van der Waals surface area contributed by atoms with Crippen molar-refractivity contribution in [1.82, 2.24) is 9.80 Å². The van der Waals surface area contributed by atoms with Gasteiger partial charge >= 0.3 is 0 Å². The molecule has 0 bridgehead atoms. The van der Waals surface area contributed by atoms with Gasteiger partial charge in [-0.2, -0.15) is 0 Å². The number of allylic oxidation sites excluding steroid dienone is 7. The number of aliphatic hydroxyl groups excluding tert-OH is 3. The van der Waals surface area contributed by atoms with Gasteiger partial charge in [0.2, 0.25) is 0 Å². The van der Waals surface area contributed by atoms with E-state index in [4.69, 9.17) is 0 Å². The first kappa shape index (κ1) is 31.0. The van der Waals surface area contributed by atoms with E-state index in [2.05, 4.69) is 48.1 Å². The van der Waals surface area contributed by atoms with Crippen LogP contribution in [-0.2, 0) is 0 Å². The van der Waals surface area contributed by atoms with Crippen molar-refractivity contribution in [2.24, 2.45) is 5.92 Å². The van der Waals surface area contributed by atoms with Crippen molar-refractivity contribution in [3.63, 3.8) is 0 Å². The largest absolute Gasteiger partial charge is 0.508 e. The smallest absolute Gasteiger partial charge is 0.119 e. The summed E-state index contributed by atoms with van der Waals surface area (Å²) in [5.41, 5.74) is 3.65. The number of rotatable bonds is 15. The Morgan fingerprint density at radius 3 is 2.19 bits per heavy atom. The molecule has 3 N–H and O–H groups in total. The van der Waals surface area contributed by atoms with E-state index in [-0.39, 0.29) is 11.5 Å². The molecular formula is C31H46N2O3. The molecule has 0 fully saturated rings. The van der Waals surface area contributed by atoms with E-state index in [1.165, 1.54) is 11.6 Å². The van der Waals surface area contributed by atoms with Crippen molar-refractivity contribution in [3.8, 4) is 0 Å². The number of aliphatic hydroxyl groups is 3. The fourth-order valence-corrected chi connectivity index (χ4v) is 4.06. The Balaban J connectivity index is 3.22. The summed E-state index contributed by atoms with van der Waals surface area (Å²) in [6.07, 6.45) is 17.9. The van der Waals surface area contributed by atoms with Crippen molar-refractivity contribution in [2.45, 2.75) is 41.0 Å². The fraction of sp³-hybridized carbons (Fsp3) is 0.419. The van der Waals surface area contributed by atoms with Crippen molar-refractivity contribution in [1.29, 1.82) is 0 Å². The summed E-state index contributed by atoms with van der Waals surface area (Å²) in [7, 11) is 0. The second kappa shape index (κ2) is 16.6. The van der Waals surface area contributed by atoms with E-state index in [0.717, 1.165) is 30.7 Å². The maximum Gasteiger partial charge on any atom is 0.119 e. The van der Waals surface area contributed by atoms with E-state index in [1.807, 2.05) is 45.9 Å². The lowest BCUT2D eigenvalue weighted by molar-refractivity contribution is 0.237. The summed E-state index contributed by atoms with van der Waals surface area (Å²) in [5.74, 6) is 1.06. The third-order valence-electron chi connectivity index (χ3n) is 6.30. The van der Waals surface area contributed by atoms with Gasteiger partial charge in [-0.15, -0.1) is 0 Å². The van der Waals surface area contributed by atoms with Gasteiger partial charge in [-0.05, 0) is 63.8 Å². The molecule has 1 unspecified atom stereocenters. The Hall–Kier alpha value is -3.02. The summed E-state index contributed by atoms with van der Waals surface area (Å²) in [4.78, 5) is 4.50. The van der Waals surface area contributed by atoms with Crippen LogP contribution in [0.25, 0.3) is 0 Å². The van der Waals surface area contributed by atoms with Crippen LogP contribution in [0, 0.1) is 5.92 Å². The van der Waals surface area contributed by atoms with E-state index >= 15 is 0 Å². The van der Waals surface area contributed by atoms with Gasteiger partial charge in [0.1, 0.15) is 17.3 Å². The molecule has 5 heteroatoms. The zero-order chi connectivity index (χ0) is 27.1. The quantitative estimate of drug-likeness (QED) is 0.167. The highest BCUT2D eigenvalue weighted by Gasteiger charge is 2.19. The highest BCUT2D eigenvalue weighted by atomic mass is 16.3. The molecule has 0 saturated carbocycles. The number of hydrogen-bond donors (Lipinski definition) is 3. The minimum Gasteiger partial charge on any atom is -0.508 e. The maximum atomic E-state index is 10.6. The maximum absolute atomic E-state index is 10.6. The molecular weight excluding hydrogens is 448 g/mol. The predicted molar refractivity (Wildman–Crippen MR) is 154 cm³/mol. The van der Waals surface area contributed by atoms with Crippen LogP contribution < -0.4 is 0 Å². The predicted octanol–water partition coefficient (Wildman–Crippen LogP) is 7.11. The average molecular weight is 495 g/mol. The number of nitrogens with zero attached hydrogens (tertiary/aromatic N) is 2. The zero-order valence-electron chi connectivity index (χ0n) is 22.9. The molecule has 0 spiro atoms. The SMILES string of the molecule is C=C/C(O)=C(\C=C)CN(CCN(CC1=CCC(C)C=C1O)CC(/C=C\C)=C/C)CC(=C/C)/C(O)=C\C. The van der Waals surface area contributed by atoms with Crippen LogP contribution in [0.2, 0.25) is 0 Å². The second-order valence-corrected chi connectivity index (χ2v) is 9.09. The topological polar surface area (TPSA) is 67.2 Å². The lowest BCUT2D eigenvalue weighted by Crippen LogP contribution is -2.39. The van der Waals surface area contributed by atoms with Crippen molar-refractivity contribution < 1.29 is 15.3 Å². The van der Waals surface area contributed by atoms with Crippen molar-refractivity contribution in [2.75, 3.05) is 39.3 Å². The van der Waals surface area contributed by atoms with E-state index in [1.54, 1.807) is 12.2 Å². The van der Waals surface area contributed by atoms with Crippen LogP contribution in [0.5, 0.6) is 0 Å². The van der Waals surface area contributed by atoms with Gasteiger partial charge in [0.25, 0.3) is 0 Å². The van der Waals surface area contributed by atoms with Crippen molar-refractivity contribution >= 4 is 0 Å². The Kier molecular flexibility index (Phi) is 14.3. The first-order valence-electron chi connectivity index (χ1n) is 12.7. The van der Waals surface area contributed by atoms with E-state index in [9.17, 15) is 15.3 Å². The first-order valence-corrected chi connectivity index (χ1v) is 12.7. The summed E-state index contributed by atoms with van der Waals surface area (Å²) in [5, 5.41) is 31.2. The van der Waals surface area contributed by atoms with Gasteiger partial charge in [-0.3, -0.25) is 9.80 Å². The lowest BCUT2D eigenvalue weighted by atomic mass is 9.96. The molecule has 1 aliphatic carbocycles. The molecule has 0 aromatic heterocycles. The Labute approximate surface area is 218 Å². The van der Waals surface area contributed by atoms with Gasteiger partial charge in [0, 0.05) is 56.0 Å². The normalized spacial score (nSPS) is 18.4. The monoisotopic (exact) mass is 494 g/mol. The van der Waals surface area contributed by atoms with Crippen LogP contribution in [0.4, 0.5) is 0 Å². The first-order chi connectivity index (χ1) is 17.2. The Bertz CT molecular complexity index is 960. The molecule has 0 amide bonds. The molecule has 0 aromatic rings. The van der Waals surface area contributed by atoms with Crippen LogP contribution in [-0.4, -0.2) is 64.4 Å². The number of hydrogen-bond acceptors (Lipinski definition) is 5. The molecule has 1 atom stereocenters. The standard InChI is InChI=1S/C31H46N2O3/c1-8-14-25(9-2)20-32(23-28-16-15-24(7)19-31(28)36)17-18-33(21-26(10-3)29(34)12-5)22-27(11-4)30(35)13-6/h8-14,16,19,24,34-36H,3,5,15,17-18,20-23H2,1-2,4,6-7H3/b14-8-,25-9+,27-11-,29-26-,30-13+. The third kappa shape index (κ3) is 10.3. The Morgan fingerprint density at radius 2 is 1.67 bits per heavy atom. The lowest BCUT2D eigenvalue weighted by Gasteiger charge is -2.30. The summed E-state index contributed by atoms with van der Waals surface area (Å²) < 4.78 is 0. The molecule has 0 saturated heterocycles. The van der Waals surface area contributed by atoms with Crippen LogP contribution >= 0.6 is 0 Å². The third-order valence-corrected chi connectivity index (χ3v) is 6.30. The van der Waals surface area contributed by atoms with Gasteiger partial charge < -0.3 is 15.3 Å². The second-order valence-electron chi connectivity index (χ2n) is 9.09. The van der Waals surface area contributed by atoms with Gasteiger partial charge in [0.15, 0.2) is 0 Å². The molecule has 0 aliphatic heterocycles. The van der Waals surface area contributed by atoms with Crippen molar-refractivity contribution in [3.05, 3.63) is 107 Å². The minimum absolute atomic E-state index is 0.102.